The molecule has 0 aromatic heterocycles. The Hall–Kier alpha value is -0.500. The lowest BCUT2D eigenvalue weighted by Gasteiger charge is -2.11. The molecule has 0 N–H and O–H groups in total. The van der Waals surface area contributed by atoms with Crippen molar-refractivity contribution < 1.29 is 4.74 Å². The van der Waals surface area contributed by atoms with Crippen LogP contribution in [0, 0.1) is 0 Å². The van der Waals surface area contributed by atoms with Crippen LogP contribution >= 0.6 is 15.9 Å². The van der Waals surface area contributed by atoms with Gasteiger partial charge >= 0.3 is 0 Å². The standard InChI is InChI=1S/C11H15BrO/c1-8(2)13-11-6-4-5-10(7-11)9(3)12/h4-9H,1-3H3. The van der Waals surface area contributed by atoms with Gasteiger partial charge in [-0.1, -0.05) is 28.1 Å². The second kappa shape index (κ2) is 4.66. The van der Waals surface area contributed by atoms with Crippen molar-refractivity contribution in [3.05, 3.63) is 29.8 Å². The molecule has 72 valence electrons. The van der Waals surface area contributed by atoms with Gasteiger partial charge in [-0.2, -0.15) is 0 Å². The van der Waals surface area contributed by atoms with Crippen LogP contribution in [-0.2, 0) is 0 Å². The highest BCUT2D eigenvalue weighted by Gasteiger charge is 2.02. The van der Waals surface area contributed by atoms with Gasteiger partial charge < -0.3 is 4.74 Å². The van der Waals surface area contributed by atoms with E-state index in [0.717, 1.165) is 5.75 Å². The Balaban J connectivity index is 2.79. The van der Waals surface area contributed by atoms with E-state index in [1.165, 1.54) is 5.56 Å². The van der Waals surface area contributed by atoms with E-state index < -0.39 is 0 Å². The van der Waals surface area contributed by atoms with Crippen molar-refractivity contribution >= 4 is 15.9 Å². The zero-order valence-electron chi connectivity index (χ0n) is 8.25. The molecule has 13 heavy (non-hydrogen) atoms. The van der Waals surface area contributed by atoms with E-state index in [9.17, 15) is 0 Å². The molecule has 0 spiro atoms. The monoisotopic (exact) mass is 242 g/mol. The van der Waals surface area contributed by atoms with Crippen LogP contribution in [0.2, 0.25) is 0 Å². The summed E-state index contributed by atoms with van der Waals surface area (Å²) >= 11 is 3.53. The van der Waals surface area contributed by atoms with Crippen LogP contribution < -0.4 is 4.74 Å². The SMILES string of the molecule is CC(C)Oc1cccc(C(C)Br)c1. The Bertz CT molecular complexity index is 269. The van der Waals surface area contributed by atoms with Crippen molar-refractivity contribution in [3.8, 4) is 5.75 Å². The van der Waals surface area contributed by atoms with Crippen molar-refractivity contribution in [1.82, 2.24) is 0 Å². The predicted molar refractivity (Wildman–Crippen MR) is 59.5 cm³/mol. The zero-order chi connectivity index (χ0) is 9.84. The van der Waals surface area contributed by atoms with Gasteiger partial charge in [-0.25, -0.2) is 0 Å². The summed E-state index contributed by atoms with van der Waals surface area (Å²) < 4.78 is 5.58. The number of rotatable bonds is 3. The largest absolute Gasteiger partial charge is 0.491 e. The highest BCUT2D eigenvalue weighted by Crippen LogP contribution is 2.25. The summed E-state index contributed by atoms with van der Waals surface area (Å²) in [4.78, 5) is 0.378. The minimum atomic E-state index is 0.237. The van der Waals surface area contributed by atoms with Gasteiger partial charge in [0.05, 0.1) is 6.10 Å². The summed E-state index contributed by atoms with van der Waals surface area (Å²) in [6.07, 6.45) is 0.237. The molecule has 1 aromatic carbocycles. The molecular formula is C11H15BrO. The van der Waals surface area contributed by atoms with Crippen LogP contribution in [0.5, 0.6) is 5.75 Å². The van der Waals surface area contributed by atoms with E-state index >= 15 is 0 Å². The highest BCUT2D eigenvalue weighted by atomic mass is 79.9. The minimum absolute atomic E-state index is 0.237. The first-order chi connectivity index (χ1) is 6.09. The van der Waals surface area contributed by atoms with Gasteiger partial charge in [0.25, 0.3) is 0 Å². The molecule has 0 aliphatic carbocycles. The molecule has 1 unspecified atom stereocenters. The van der Waals surface area contributed by atoms with Crippen LogP contribution in [0.3, 0.4) is 0 Å². The summed E-state index contributed by atoms with van der Waals surface area (Å²) in [5.41, 5.74) is 1.25. The van der Waals surface area contributed by atoms with Gasteiger partial charge in [-0.05, 0) is 38.5 Å². The maximum absolute atomic E-state index is 5.58. The van der Waals surface area contributed by atoms with Gasteiger partial charge in [0.2, 0.25) is 0 Å². The van der Waals surface area contributed by atoms with Crippen molar-refractivity contribution in [2.75, 3.05) is 0 Å². The second-order valence-electron chi connectivity index (χ2n) is 3.36. The average molecular weight is 243 g/mol. The van der Waals surface area contributed by atoms with Crippen LogP contribution in [-0.4, -0.2) is 6.10 Å². The van der Waals surface area contributed by atoms with Crippen LogP contribution in [0.4, 0.5) is 0 Å². The summed E-state index contributed by atoms with van der Waals surface area (Å²) in [6, 6.07) is 8.16. The lowest BCUT2D eigenvalue weighted by Crippen LogP contribution is -2.05. The Morgan fingerprint density at radius 2 is 1.92 bits per heavy atom. The highest BCUT2D eigenvalue weighted by molar-refractivity contribution is 9.09. The molecule has 1 rings (SSSR count). The Morgan fingerprint density at radius 3 is 2.46 bits per heavy atom. The van der Waals surface area contributed by atoms with Crippen molar-refractivity contribution in [1.29, 1.82) is 0 Å². The van der Waals surface area contributed by atoms with Crippen molar-refractivity contribution in [3.63, 3.8) is 0 Å². The zero-order valence-corrected chi connectivity index (χ0v) is 9.84. The fourth-order valence-corrected chi connectivity index (χ4v) is 1.39. The summed E-state index contributed by atoms with van der Waals surface area (Å²) in [6.45, 7) is 6.17. The maximum Gasteiger partial charge on any atom is 0.119 e. The third-order valence-corrected chi connectivity index (χ3v) is 2.22. The first-order valence-electron chi connectivity index (χ1n) is 4.50. The van der Waals surface area contributed by atoms with Crippen LogP contribution in [0.25, 0.3) is 0 Å². The van der Waals surface area contributed by atoms with Gasteiger partial charge in [0.15, 0.2) is 0 Å². The molecule has 1 aromatic rings. The molecule has 0 saturated heterocycles. The van der Waals surface area contributed by atoms with Crippen molar-refractivity contribution in [2.45, 2.75) is 31.7 Å². The molecular weight excluding hydrogens is 228 g/mol. The summed E-state index contributed by atoms with van der Waals surface area (Å²) in [5.74, 6) is 0.943. The normalized spacial score (nSPS) is 13.0. The van der Waals surface area contributed by atoms with E-state index in [1.807, 2.05) is 26.0 Å². The van der Waals surface area contributed by atoms with E-state index in [0.29, 0.717) is 4.83 Å². The molecule has 0 aliphatic heterocycles. The fraction of sp³-hybridized carbons (Fsp3) is 0.455. The Kier molecular flexibility index (Phi) is 3.79. The van der Waals surface area contributed by atoms with E-state index in [2.05, 4.69) is 35.0 Å². The number of alkyl halides is 1. The summed E-state index contributed by atoms with van der Waals surface area (Å²) in [5, 5.41) is 0. The number of halogens is 1. The molecule has 0 radical (unpaired) electrons. The topological polar surface area (TPSA) is 9.23 Å². The minimum Gasteiger partial charge on any atom is -0.491 e. The first kappa shape index (κ1) is 10.6. The molecule has 0 fully saturated rings. The van der Waals surface area contributed by atoms with Crippen LogP contribution in [0.15, 0.2) is 24.3 Å². The number of ether oxygens (including phenoxy) is 1. The molecule has 2 heteroatoms. The van der Waals surface area contributed by atoms with Gasteiger partial charge in [-0.15, -0.1) is 0 Å². The lowest BCUT2D eigenvalue weighted by molar-refractivity contribution is 0.242. The Labute approximate surface area is 88.2 Å². The van der Waals surface area contributed by atoms with Gasteiger partial charge in [0, 0.05) is 4.83 Å². The molecule has 0 heterocycles. The molecule has 0 bridgehead atoms. The number of hydrogen-bond acceptors (Lipinski definition) is 1. The molecule has 1 nitrogen and oxygen atoms in total. The number of benzene rings is 1. The van der Waals surface area contributed by atoms with E-state index in [-0.39, 0.29) is 6.10 Å². The quantitative estimate of drug-likeness (QED) is 0.731. The maximum atomic E-state index is 5.58. The first-order valence-corrected chi connectivity index (χ1v) is 5.42. The van der Waals surface area contributed by atoms with Crippen LogP contribution in [0.1, 0.15) is 31.2 Å². The molecule has 1 atom stereocenters. The van der Waals surface area contributed by atoms with Gasteiger partial charge in [0.1, 0.15) is 5.75 Å². The van der Waals surface area contributed by atoms with Crippen molar-refractivity contribution in [2.24, 2.45) is 0 Å². The van der Waals surface area contributed by atoms with E-state index in [4.69, 9.17) is 4.74 Å². The molecule has 0 aliphatic rings. The summed E-state index contributed by atoms with van der Waals surface area (Å²) in [7, 11) is 0. The third-order valence-electron chi connectivity index (χ3n) is 1.69. The average Bonchev–Trinajstić information content (AvgIpc) is 2.03. The second-order valence-corrected chi connectivity index (χ2v) is 4.73. The van der Waals surface area contributed by atoms with E-state index in [1.54, 1.807) is 0 Å². The smallest absolute Gasteiger partial charge is 0.119 e. The molecule has 0 saturated carbocycles. The lowest BCUT2D eigenvalue weighted by atomic mass is 10.2. The fourth-order valence-electron chi connectivity index (χ4n) is 1.11. The Morgan fingerprint density at radius 1 is 1.23 bits per heavy atom. The molecule has 0 amide bonds. The third kappa shape index (κ3) is 3.39. The number of hydrogen-bond donors (Lipinski definition) is 0. The van der Waals surface area contributed by atoms with Gasteiger partial charge in [-0.3, -0.25) is 0 Å². The predicted octanol–water partition coefficient (Wildman–Crippen LogP) is 3.93.